The van der Waals surface area contributed by atoms with E-state index in [1.165, 1.54) is 11.1 Å². The predicted molar refractivity (Wildman–Crippen MR) is 160 cm³/mol. The first-order valence-electron chi connectivity index (χ1n) is 14.5. The van der Waals surface area contributed by atoms with Gasteiger partial charge in [0, 0.05) is 36.7 Å². The third kappa shape index (κ3) is 5.15. The molecule has 2 fully saturated rings. The molecule has 218 valence electrons. The molecule has 0 radical (unpaired) electrons. The number of aliphatic imine (C=N–C) groups is 1. The first-order chi connectivity index (χ1) is 20.2. The number of likely N-dealkylation sites (tertiary alicyclic amines) is 1. The Bertz CT molecular complexity index is 1540. The maximum absolute atomic E-state index is 13.5. The van der Waals surface area contributed by atoms with Crippen molar-refractivity contribution < 1.29 is 19.2 Å². The number of imide groups is 1. The summed E-state index contributed by atoms with van der Waals surface area (Å²) in [5.74, 6) is -0.813. The lowest BCUT2D eigenvalue weighted by molar-refractivity contribution is -0.136. The molecule has 2 aromatic rings. The van der Waals surface area contributed by atoms with Gasteiger partial charge in [-0.3, -0.25) is 34.4 Å². The van der Waals surface area contributed by atoms with E-state index < -0.39 is 17.4 Å². The number of benzene rings is 2. The van der Waals surface area contributed by atoms with Crippen molar-refractivity contribution in [1.29, 1.82) is 5.26 Å². The van der Waals surface area contributed by atoms with Crippen LogP contribution in [-0.2, 0) is 20.8 Å². The topological polar surface area (TPSA) is 149 Å². The lowest BCUT2D eigenvalue weighted by Crippen LogP contribution is -2.48. The van der Waals surface area contributed by atoms with Crippen LogP contribution in [0.5, 0.6) is 0 Å². The van der Waals surface area contributed by atoms with Crippen LogP contribution in [0.2, 0.25) is 0 Å². The van der Waals surface area contributed by atoms with Gasteiger partial charge in [-0.05, 0) is 73.9 Å². The SMILES string of the molecule is CCCC(C(=O)NC=O)N1C(=O)c2cccc3c(CC(C=NC4(C)CCN(C(=O)C5(C#N)CC5)CC4)=CN)ccc1c23. The highest BCUT2D eigenvalue weighted by Crippen LogP contribution is 2.47. The number of carbonyl (C=O) groups is 4. The standard InChI is InChI=1S/C32H36N6O4/c1-3-5-26(28(40)35-20-39)38-25-9-8-22(23-6-4-7-24(27(23)25)29(38)41)16-21(17-33)18-36-31(2)12-14-37(15-13-31)30(42)32(19-34)10-11-32/h4,6-9,17-18,20,26H,3,5,10-16,33H2,1-2H3,(H,35,39,40). The minimum atomic E-state index is -0.799. The number of hydrogen-bond acceptors (Lipinski definition) is 7. The quantitative estimate of drug-likeness (QED) is 0.332. The summed E-state index contributed by atoms with van der Waals surface area (Å²) in [6.07, 6.45) is 7.96. The Hall–Kier alpha value is -4.52. The molecule has 1 saturated heterocycles. The number of nitriles is 1. The zero-order valence-corrected chi connectivity index (χ0v) is 24.1. The van der Waals surface area contributed by atoms with E-state index in [1.807, 2.05) is 31.2 Å². The van der Waals surface area contributed by atoms with Crippen LogP contribution in [0.15, 0.2) is 47.1 Å². The number of allylic oxidation sites excluding steroid dienone is 1. The van der Waals surface area contributed by atoms with Crippen LogP contribution in [0.25, 0.3) is 10.8 Å². The molecule has 0 bridgehead atoms. The van der Waals surface area contributed by atoms with Crippen LogP contribution in [0.3, 0.4) is 0 Å². The number of nitrogens with zero attached hydrogens (tertiary/aromatic N) is 4. The van der Waals surface area contributed by atoms with Gasteiger partial charge in [-0.25, -0.2) is 0 Å². The highest BCUT2D eigenvalue weighted by Gasteiger charge is 2.53. The molecule has 1 saturated carbocycles. The van der Waals surface area contributed by atoms with E-state index in [1.54, 1.807) is 17.2 Å². The van der Waals surface area contributed by atoms with Crippen molar-refractivity contribution in [3.05, 3.63) is 53.2 Å². The summed E-state index contributed by atoms with van der Waals surface area (Å²) in [5, 5.41) is 13.3. The number of hydrogen-bond donors (Lipinski definition) is 2. The fraction of sp³-hybridized carbons (Fsp3) is 0.438. The minimum Gasteiger partial charge on any atom is -0.404 e. The van der Waals surface area contributed by atoms with Gasteiger partial charge in [0.25, 0.3) is 5.91 Å². The Kier molecular flexibility index (Phi) is 7.87. The molecule has 2 heterocycles. The third-order valence-electron chi connectivity index (χ3n) is 8.85. The van der Waals surface area contributed by atoms with Gasteiger partial charge in [-0.2, -0.15) is 5.26 Å². The van der Waals surface area contributed by atoms with Gasteiger partial charge < -0.3 is 10.6 Å². The van der Waals surface area contributed by atoms with Gasteiger partial charge in [-0.1, -0.05) is 31.5 Å². The molecule has 4 amide bonds. The molecule has 0 spiro atoms. The molecular formula is C32H36N6O4. The maximum atomic E-state index is 13.5. The average molecular weight is 569 g/mol. The van der Waals surface area contributed by atoms with Crippen LogP contribution < -0.4 is 16.0 Å². The van der Waals surface area contributed by atoms with Crippen LogP contribution in [0.4, 0.5) is 5.69 Å². The van der Waals surface area contributed by atoms with Crippen LogP contribution in [-0.4, -0.2) is 59.9 Å². The molecule has 42 heavy (non-hydrogen) atoms. The number of carbonyl (C=O) groups excluding carboxylic acids is 4. The number of nitrogens with two attached hydrogens (primary N) is 1. The lowest BCUT2D eigenvalue weighted by atomic mass is 9.89. The Morgan fingerprint density at radius 1 is 1.19 bits per heavy atom. The predicted octanol–water partition coefficient (Wildman–Crippen LogP) is 3.38. The molecule has 1 atom stereocenters. The van der Waals surface area contributed by atoms with Gasteiger partial charge in [-0.15, -0.1) is 0 Å². The average Bonchev–Trinajstić information content (AvgIpc) is 3.75. The number of nitrogens with one attached hydrogen (secondary N) is 1. The molecule has 0 aromatic heterocycles. The molecular weight excluding hydrogens is 532 g/mol. The molecule has 3 aliphatic rings. The van der Waals surface area contributed by atoms with Crippen molar-refractivity contribution >= 4 is 46.8 Å². The summed E-state index contributed by atoms with van der Waals surface area (Å²) in [6, 6.07) is 10.8. The molecule has 2 aliphatic heterocycles. The van der Waals surface area contributed by atoms with E-state index in [2.05, 4.69) is 18.3 Å². The van der Waals surface area contributed by atoms with E-state index in [0.29, 0.717) is 75.7 Å². The van der Waals surface area contributed by atoms with Crippen LogP contribution in [0.1, 0.15) is 68.3 Å². The summed E-state index contributed by atoms with van der Waals surface area (Å²) < 4.78 is 0. The smallest absolute Gasteiger partial charge is 0.259 e. The highest BCUT2D eigenvalue weighted by molar-refractivity contribution is 6.27. The number of rotatable bonds is 10. The Labute approximate surface area is 245 Å². The van der Waals surface area contributed by atoms with E-state index in [0.717, 1.165) is 21.9 Å². The van der Waals surface area contributed by atoms with E-state index in [9.17, 15) is 24.4 Å². The second kappa shape index (κ2) is 11.4. The fourth-order valence-corrected chi connectivity index (χ4v) is 6.06. The highest BCUT2D eigenvalue weighted by atomic mass is 16.2. The van der Waals surface area contributed by atoms with Crippen molar-refractivity contribution in [2.24, 2.45) is 16.1 Å². The fourth-order valence-electron chi connectivity index (χ4n) is 6.06. The monoisotopic (exact) mass is 568 g/mol. The number of piperidine rings is 1. The van der Waals surface area contributed by atoms with Crippen molar-refractivity contribution in [3.63, 3.8) is 0 Å². The molecule has 2 aromatic carbocycles. The second-order valence-corrected chi connectivity index (χ2v) is 11.7. The van der Waals surface area contributed by atoms with Gasteiger partial charge in [0.05, 0.1) is 17.3 Å². The van der Waals surface area contributed by atoms with Gasteiger partial charge in [0.15, 0.2) is 0 Å². The zero-order valence-electron chi connectivity index (χ0n) is 24.1. The zero-order chi connectivity index (χ0) is 30.1. The van der Waals surface area contributed by atoms with Crippen molar-refractivity contribution in [1.82, 2.24) is 10.2 Å². The molecule has 3 N–H and O–H groups in total. The molecule has 10 nitrogen and oxygen atoms in total. The largest absolute Gasteiger partial charge is 0.404 e. The van der Waals surface area contributed by atoms with Gasteiger partial charge in [0.2, 0.25) is 18.2 Å². The maximum Gasteiger partial charge on any atom is 0.259 e. The Morgan fingerprint density at radius 2 is 1.93 bits per heavy atom. The summed E-state index contributed by atoms with van der Waals surface area (Å²) >= 11 is 0. The molecule has 10 heteroatoms. The van der Waals surface area contributed by atoms with Crippen molar-refractivity contribution in [2.45, 2.75) is 70.4 Å². The normalized spacial score (nSPS) is 19.5. The lowest BCUT2D eigenvalue weighted by Gasteiger charge is -2.37. The van der Waals surface area contributed by atoms with E-state index in [4.69, 9.17) is 10.7 Å². The van der Waals surface area contributed by atoms with E-state index >= 15 is 0 Å². The van der Waals surface area contributed by atoms with Crippen molar-refractivity contribution in [2.75, 3.05) is 18.0 Å². The summed E-state index contributed by atoms with van der Waals surface area (Å²) in [7, 11) is 0. The molecule has 5 rings (SSSR count). The second-order valence-electron chi connectivity index (χ2n) is 11.7. The summed E-state index contributed by atoms with van der Waals surface area (Å²) in [5.41, 5.74) is 7.84. The number of anilines is 1. The third-order valence-corrected chi connectivity index (χ3v) is 8.85. The van der Waals surface area contributed by atoms with Gasteiger partial charge >= 0.3 is 0 Å². The summed E-state index contributed by atoms with van der Waals surface area (Å²) in [4.78, 5) is 58.2. The number of amides is 4. The van der Waals surface area contributed by atoms with Crippen LogP contribution >= 0.6 is 0 Å². The Balaban J connectivity index is 1.34. The van der Waals surface area contributed by atoms with Crippen LogP contribution in [0, 0.1) is 16.7 Å². The van der Waals surface area contributed by atoms with Crippen molar-refractivity contribution in [3.8, 4) is 6.07 Å². The Morgan fingerprint density at radius 3 is 2.55 bits per heavy atom. The minimum absolute atomic E-state index is 0.0481. The van der Waals surface area contributed by atoms with E-state index in [-0.39, 0.29) is 17.4 Å². The molecule has 1 unspecified atom stereocenters. The first kappa shape index (κ1) is 29.0. The summed E-state index contributed by atoms with van der Waals surface area (Å²) in [6.45, 7) is 5.14. The molecule has 1 aliphatic carbocycles. The van der Waals surface area contributed by atoms with Gasteiger partial charge in [0.1, 0.15) is 11.5 Å². The first-order valence-corrected chi connectivity index (χ1v) is 14.5.